The molecule has 0 saturated carbocycles. The van der Waals surface area contributed by atoms with Crippen LogP contribution in [0.15, 0.2) is 12.7 Å². The molecule has 2 aliphatic rings. The number of rotatable bonds is 9. The van der Waals surface area contributed by atoms with Crippen LogP contribution in [-0.4, -0.2) is 125 Å². The van der Waals surface area contributed by atoms with E-state index in [9.17, 15) is 44.7 Å². The van der Waals surface area contributed by atoms with Crippen LogP contribution >= 0.6 is 15.3 Å². The molecule has 0 bridgehead atoms. The number of hydrogen-bond acceptors (Lipinski definition) is 17. The molecule has 22 heteroatoms. The van der Waals surface area contributed by atoms with Crippen molar-refractivity contribution in [3.8, 4) is 0 Å². The molecule has 9 N–H and O–H groups in total. The Balaban J connectivity index is 1.38. The number of nitrogens with two attached hydrogens (primary N) is 1. The second-order valence-corrected chi connectivity index (χ2v) is 11.5. The molecule has 3 radical (unpaired) electrons. The molecule has 0 spiro atoms. The lowest BCUT2D eigenvalue weighted by Gasteiger charge is -2.40. The molecule has 4 unspecified atom stereocenters. The van der Waals surface area contributed by atoms with Crippen molar-refractivity contribution >= 4 is 39.8 Å². The summed E-state index contributed by atoms with van der Waals surface area (Å²) >= 11 is 0. The quantitative estimate of drug-likeness (QED) is 0.104. The van der Waals surface area contributed by atoms with Gasteiger partial charge < -0.3 is 67.4 Å². The van der Waals surface area contributed by atoms with Gasteiger partial charge in [0, 0.05) is 0 Å². The standard InChI is InChI=1S/C16H24BN5O14P2/c17-37(29,36-38(30,31)35-16-12(28)10(26)8(24)5(1-23)34-16)32-2-6-9(25)11(27)15(33-6)22-4-21-7-13(18)19-3-20-14(7)22/h3-6,8-12,15-16,23-28H,1-2H2,(H,30,31)(H2,18,19,20)/q-1/t5?,6-,8-,9?,10+,11+,12?,15-,16+,37-/m1/s1. The second kappa shape index (κ2) is 11.1. The molecular formula is C16H24BN5O14P2-. The maximum atomic E-state index is 12.5. The third-order valence-electron chi connectivity index (χ3n) is 5.72. The Morgan fingerprint density at radius 1 is 1.00 bits per heavy atom. The first-order chi connectivity index (χ1) is 17.7. The molecule has 2 saturated heterocycles. The summed E-state index contributed by atoms with van der Waals surface area (Å²) in [6.07, 6.45) is -12.8. The average molecular weight is 583 g/mol. The predicted octanol–water partition coefficient (Wildman–Crippen LogP) is -3.75. The molecule has 38 heavy (non-hydrogen) atoms. The summed E-state index contributed by atoms with van der Waals surface area (Å²) in [5.41, 5.74) is 6.11. The van der Waals surface area contributed by atoms with Crippen molar-refractivity contribution in [3.63, 3.8) is 0 Å². The molecule has 0 aromatic carbocycles. The van der Waals surface area contributed by atoms with Gasteiger partial charge in [-0.15, -0.1) is 0 Å². The van der Waals surface area contributed by atoms with E-state index in [1.165, 1.54) is 10.9 Å². The Morgan fingerprint density at radius 2 is 1.68 bits per heavy atom. The third kappa shape index (κ3) is 5.93. The molecule has 4 rings (SSSR count). The minimum absolute atomic E-state index is 0.0576. The highest BCUT2D eigenvalue weighted by atomic mass is 31.3. The van der Waals surface area contributed by atoms with Crippen LogP contribution in [0, 0.1) is 0 Å². The van der Waals surface area contributed by atoms with Crippen LogP contribution in [-0.2, 0) is 32.0 Å². The summed E-state index contributed by atoms with van der Waals surface area (Å²) in [6, 6.07) is 0. The van der Waals surface area contributed by atoms with Gasteiger partial charge in [-0.1, -0.05) is 0 Å². The van der Waals surface area contributed by atoms with E-state index in [2.05, 4.69) is 23.8 Å². The Hall–Kier alpha value is -1.61. The smallest absolute Gasteiger partial charge is 0.443 e. The SMILES string of the molecule is [B-][P@@](=O)(OC[C@H]1O[C@@H](n2cnc3c(N)ncnc32)[C@@H](O)C1O)OP(=O)(O)O[C@@H]1OC(CO)[C@@H](O)[C@H](O)C1O. The van der Waals surface area contributed by atoms with E-state index in [0.717, 1.165) is 6.33 Å². The molecule has 211 valence electrons. The number of fused-ring (bicyclic) bond motifs is 1. The van der Waals surface area contributed by atoms with Crippen molar-refractivity contribution in [2.75, 3.05) is 18.9 Å². The number of ether oxygens (including phenoxy) is 2. The van der Waals surface area contributed by atoms with E-state index >= 15 is 0 Å². The Morgan fingerprint density at radius 3 is 2.37 bits per heavy atom. The van der Waals surface area contributed by atoms with Crippen molar-refractivity contribution in [2.45, 2.75) is 55.2 Å². The second-order valence-electron chi connectivity index (χ2n) is 8.32. The van der Waals surface area contributed by atoms with Gasteiger partial charge in [0.05, 0.1) is 27.0 Å². The maximum Gasteiger partial charge on any atom is 0.479 e. The van der Waals surface area contributed by atoms with Crippen LogP contribution in [0.5, 0.6) is 0 Å². The maximum absolute atomic E-state index is 12.5. The fourth-order valence-corrected chi connectivity index (χ4v) is 6.09. The number of phosphoric acid groups is 1. The zero-order valence-electron chi connectivity index (χ0n) is 19.1. The first-order valence-electron chi connectivity index (χ1n) is 10.8. The monoisotopic (exact) mass is 583 g/mol. The fourth-order valence-electron chi connectivity index (χ4n) is 3.80. The van der Waals surface area contributed by atoms with E-state index in [4.69, 9.17) is 27.3 Å². The van der Waals surface area contributed by atoms with Gasteiger partial charge in [-0.25, -0.2) is 23.8 Å². The molecule has 11 atom stereocenters. The van der Waals surface area contributed by atoms with Gasteiger partial charge in [-0.2, -0.15) is 0 Å². The van der Waals surface area contributed by atoms with Crippen LogP contribution in [0.3, 0.4) is 0 Å². The van der Waals surface area contributed by atoms with E-state index in [0.29, 0.717) is 0 Å². The van der Waals surface area contributed by atoms with Crippen molar-refractivity contribution in [2.24, 2.45) is 0 Å². The lowest BCUT2D eigenvalue weighted by molar-refractivity contribution is -0.280. The number of anilines is 1. The van der Waals surface area contributed by atoms with Gasteiger partial charge in [0.2, 0.25) is 0 Å². The summed E-state index contributed by atoms with van der Waals surface area (Å²) < 4.78 is 50.3. The predicted molar refractivity (Wildman–Crippen MR) is 121 cm³/mol. The number of aromatic nitrogens is 4. The van der Waals surface area contributed by atoms with Crippen molar-refractivity contribution < 1.29 is 67.5 Å². The van der Waals surface area contributed by atoms with Crippen LogP contribution in [0.1, 0.15) is 6.23 Å². The Labute approximate surface area is 214 Å². The zero-order chi connectivity index (χ0) is 28.0. The molecule has 2 aliphatic heterocycles. The number of hydrogen-bond donors (Lipinski definition) is 8. The zero-order valence-corrected chi connectivity index (χ0v) is 20.9. The summed E-state index contributed by atoms with van der Waals surface area (Å²) in [4.78, 5) is 21.8. The van der Waals surface area contributed by atoms with Crippen molar-refractivity contribution in [1.29, 1.82) is 0 Å². The Bertz CT molecular complexity index is 1240. The number of aliphatic hydroxyl groups excluding tert-OH is 6. The molecule has 2 aromatic rings. The highest BCUT2D eigenvalue weighted by Gasteiger charge is 2.48. The van der Waals surface area contributed by atoms with Gasteiger partial charge in [-0.05, 0) is 0 Å². The summed E-state index contributed by atoms with van der Waals surface area (Å²) in [5.74, 6) is 0.0576. The summed E-state index contributed by atoms with van der Waals surface area (Å²) in [5, 5.41) is 59.4. The largest absolute Gasteiger partial charge is 0.479 e. The third-order valence-corrected chi connectivity index (χ3v) is 8.44. The summed E-state index contributed by atoms with van der Waals surface area (Å²) in [7, 11) is -5.04. The number of imidazole rings is 1. The van der Waals surface area contributed by atoms with E-state index in [1.807, 2.05) is 0 Å². The van der Waals surface area contributed by atoms with E-state index in [-0.39, 0.29) is 17.0 Å². The molecule has 2 fully saturated rings. The molecule has 19 nitrogen and oxygen atoms in total. The lowest BCUT2D eigenvalue weighted by atomic mass is 10.00. The van der Waals surface area contributed by atoms with Gasteiger partial charge in [0.25, 0.3) is 0 Å². The van der Waals surface area contributed by atoms with Crippen LogP contribution in [0.4, 0.5) is 5.82 Å². The van der Waals surface area contributed by atoms with E-state index in [1.54, 1.807) is 0 Å². The molecule has 4 heterocycles. The van der Waals surface area contributed by atoms with Gasteiger partial charge in [0.1, 0.15) is 54.6 Å². The first-order valence-corrected chi connectivity index (χ1v) is 13.9. The highest BCUT2D eigenvalue weighted by Crippen LogP contribution is 2.61. The van der Waals surface area contributed by atoms with E-state index < -0.39 is 83.8 Å². The number of phosphoric ester groups is 1. The number of nitrogen functional groups attached to an aromatic ring is 1. The van der Waals surface area contributed by atoms with Crippen LogP contribution in [0.25, 0.3) is 11.2 Å². The minimum atomic E-state index is -5.44. The van der Waals surface area contributed by atoms with Crippen molar-refractivity contribution in [3.05, 3.63) is 12.7 Å². The molecule has 0 aliphatic carbocycles. The fraction of sp³-hybridized carbons (Fsp3) is 0.688. The average Bonchev–Trinajstić information content (AvgIpc) is 3.39. The van der Waals surface area contributed by atoms with Crippen molar-refractivity contribution in [1.82, 2.24) is 19.5 Å². The van der Waals surface area contributed by atoms with Gasteiger partial charge in [-0.3, -0.25) is 9.09 Å². The van der Waals surface area contributed by atoms with Crippen LogP contribution in [0.2, 0.25) is 0 Å². The normalized spacial score (nSPS) is 37.2. The first kappa shape index (κ1) is 29.4. The topological polar surface area (TPSA) is 292 Å². The van der Waals surface area contributed by atoms with Crippen LogP contribution < -0.4 is 5.73 Å². The molecule has 2 aromatic heterocycles. The number of nitrogens with zero attached hydrogens (tertiary/aromatic N) is 4. The lowest BCUT2D eigenvalue weighted by Crippen LogP contribution is -2.58. The molecule has 0 amide bonds. The summed E-state index contributed by atoms with van der Waals surface area (Å²) in [6.45, 7) is -1.67. The highest BCUT2D eigenvalue weighted by molar-refractivity contribution is 7.83. The Kier molecular flexibility index (Phi) is 8.59. The number of aliphatic hydroxyl groups is 6. The minimum Gasteiger partial charge on any atom is -0.443 e. The van der Waals surface area contributed by atoms with Gasteiger partial charge in [0.15, 0.2) is 24.0 Å². The van der Waals surface area contributed by atoms with Gasteiger partial charge >= 0.3 is 7.82 Å². The molecular weight excluding hydrogens is 559 g/mol.